The number of nitrogens with zero attached hydrogens (tertiary/aromatic N) is 3. The van der Waals surface area contributed by atoms with Gasteiger partial charge in [0.2, 0.25) is 0 Å². The number of morpholine rings is 1. The van der Waals surface area contributed by atoms with Crippen LogP contribution in [0.3, 0.4) is 0 Å². The number of hydrogen-bond donors (Lipinski definition) is 1. The van der Waals surface area contributed by atoms with Crippen molar-refractivity contribution in [2.75, 3.05) is 37.0 Å². The van der Waals surface area contributed by atoms with Gasteiger partial charge in [0.05, 0.1) is 18.2 Å². The van der Waals surface area contributed by atoms with Crippen LogP contribution in [0, 0.1) is 0 Å². The Morgan fingerprint density at radius 1 is 1.28 bits per heavy atom. The van der Waals surface area contributed by atoms with Crippen LogP contribution in [0.15, 0.2) is 41.7 Å². The summed E-state index contributed by atoms with van der Waals surface area (Å²) in [6.45, 7) is 5.56. The molecule has 0 aliphatic carbocycles. The van der Waals surface area contributed by atoms with E-state index in [9.17, 15) is 4.79 Å². The summed E-state index contributed by atoms with van der Waals surface area (Å²) >= 11 is 1.62. The fraction of sp³-hybridized carbons (Fsp3) is 0.389. The molecule has 0 aromatic carbocycles. The summed E-state index contributed by atoms with van der Waals surface area (Å²) < 4.78 is 5.40. The molecule has 1 N–H and O–H groups in total. The van der Waals surface area contributed by atoms with Gasteiger partial charge in [-0.1, -0.05) is 13.0 Å². The van der Waals surface area contributed by atoms with Crippen LogP contribution in [-0.2, 0) is 11.3 Å². The van der Waals surface area contributed by atoms with Gasteiger partial charge in [0.25, 0.3) is 5.91 Å². The monoisotopic (exact) mass is 358 g/mol. The molecule has 0 saturated carbocycles. The molecule has 1 aliphatic rings. The van der Waals surface area contributed by atoms with E-state index < -0.39 is 0 Å². The van der Waals surface area contributed by atoms with Crippen molar-refractivity contribution in [3.8, 4) is 0 Å². The van der Waals surface area contributed by atoms with Crippen molar-refractivity contribution in [3.63, 3.8) is 0 Å². The zero-order chi connectivity index (χ0) is 17.5. The first-order valence-electron chi connectivity index (χ1n) is 8.41. The van der Waals surface area contributed by atoms with Crippen molar-refractivity contribution in [2.45, 2.75) is 18.5 Å². The van der Waals surface area contributed by atoms with E-state index in [0.29, 0.717) is 25.3 Å². The molecule has 25 heavy (non-hydrogen) atoms. The highest BCUT2D eigenvalue weighted by atomic mass is 32.2. The molecule has 2 aromatic rings. The minimum atomic E-state index is -0.0999. The Kier molecular flexibility index (Phi) is 6.25. The highest BCUT2D eigenvalue weighted by molar-refractivity contribution is 7.99. The number of carbonyl (C=O) groups excluding carboxylic acids is 1. The standard InChI is InChI=1S/C18H22N4O2S/c1-2-25-16-12-14(5-7-19-16)18(23)21-13-15-4-3-6-20-17(15)22-8-10-24-11-9-22/h3-7,12H,2,8-11,13H2,1H3,(H,21,23). The van der Waals surface area contributed by atoms with E-state index in [2.05, 4.69) is 27.1 Å². The second-order valence-corrected chi connectivity index (χ2v) is 6.87. The number of ether oxygens (including phenoxy) is 1. The lowest BCUT2D eigenvalue weighted by atomic mass is 10.2. The first-order valence-corrected chi connectivity index (χ1v) is 9.40. The summed E-state index contributed by atoms with van der Waals surface area (Å²) in [4.78, 5) is 23.4. The summed E-state index contributed by atoms with van der Waals surface area (Å²) in [5, 5.41) is 3.86. The minimum absolute atomic E-state index is 0.0999. The minimum Gasteiger partial charge on any atom is -0.378 e. The fourth-order valence-corrected chi connectivity index (χ4v) is 3.32. The van der Waals surface area contributed by atoms with Gasteiger partial charge in [-0.25, -0.2) is 9.97 Å². The van der Waals surface area contributed by atoms with Crippen LogP contribution in [0.4, 0.5) is 5.82 Å². The lowest BCUT2D eigenvalue weighted by Crippen LogP contribution is -2.37. The van der Waals surface area contributed by atoms with Gasteiger partial charge in [-0.05, 0) is 24.0 Å². The Morgan fingerprint density at radius 2 is 2.12 bits per heavy atom. The van der Waals surface area contributed by atoms with Gasteiger partial charge in [-0.2, -0.15) is 0 Å². The average Bonchev–Trinajstić information content (AvgIpc) is 2.67. The Labute approximate surface area is 152 Å². The molecule has 3 rings (SSSR count). The largest absolute Gasteiger partial charge is 0.378 e. The number of nitrogens with one attached hydrogen (secondary N) is 1. The Hall–Kier alpha value is -2.12. The number of amides is 1. The molecule has 0 atom stereocenters. The fourth-order valence-electron chi connectivity index (χ4n) is 2.68. The number of aromatic nitrogens is 2. The first-order chi connectivity index (χ1) is 12.3. The van der Waals surface area contributed by atoms with Gasteiger partial charge in [0, 0.05) is 43.2 Å². The van der Waals surface area contributed by atoms with Crippen LogP contribution in [0.2, 0.25) is 0 Å². The number of rotatable bonds is 6. The summed E-state index contributed by atoms with van der Waals surface area (Å²) in [5.74, 6) is 1.75. The predicted molar refractivity (Wildman–Crippen MR) is 99.1 cm³/mol. The molecule has 0 unspecified atom stereocenters. The molecule has 0 radical (unpaired) electrons. The van der Waals surface area contributed by atoms with Crippen LogP contribution < -0.4 is 10.2 Å². The number of pyridine rings is 2. The Morgan fingerprint density at radius 3 is 2.92 bits per heavy atom. The Bertz CT molecular complexity index is 720. The van der Waals surface area contributed by atoms with Crippen LogP contribution >= 0.6 is 11.8 Å². The summed E-state index contributed by atoms with van der Waals surface area (Å²) in [5.41, 5.74) is 1.64. The molecular formula is C18H22N4O2S. The van der Waals surface area contributed by atoms with Gasteiger partial charge < -0.3 is 15.0 Å². The van der Waals surface area contributed by atoms with Crippen molar-refractivity contribution in [2.24, 2.45) is 0 Å². The van der Waals surface area contributed by atoms with E-state index in [-0.39, 0.29) is 5.91 Å². The highest BCUT2D eigenvalue weighted by Gasteiger charge is 2.16. The molecule has 2 aromatic heterocycles. The molecule has 0 bridgehead atoms. The van der Waals surface area contributed by atoms with Gasteiger partial charge in [-0.15, -0.1) is 11.8 Å². The lowest BCUT2D eigenvalue weighted by Gasteiger charge is -2.29. The number of hydrogen-bond acceptors (Lipinski definition) is 6. The van der Waals surface area contributed by atoms with E-state index in [1.165, 1.54) is 0 Å². The van der Waals surface area contributed by atoms with Gasteiger partial charge >= 0.3 is 0 Å². The predicted octanol–water partition coefficient (Wildman–Crippen LogP) is 2.36. The van der Waals surface area contributed by atoms with Crippen molar-refractivity contribution < 1.29 is 9.53 Å². The third-order valence-electron chi connectivity index (χ3n) is 3.91. The van der Waals surface area contributed by atoms with Crippen molar-refractivity contribution >= 4 is 23.5 Å². The zero-order valence-electron chi connectivity index (χ0n) is 14.3. The van der Waals surface area contributed by atoms with Crippen molar-refractivity contribution in [1.29, 1.82) is 0 Å². The van der Waals surface area contributed by atoms with Crippen LogP contribution in [-0.4, -0.2) is 47.9 Å². The number of carbonyl (C=O) groups is 1. The number of thioether (sulfide) groups is 1. The molecule has 132 valence electrons. The van der Waals surface area contributed by atoms with Crippen molar-refractivity contribution in [1.82, 2.24) is 15.3 Å². The molecule has 7 heteroatoms. The smallest absolute Gasteiger partial charge is 0.251 e. The maximum atomic E-state index is 12.5. The molecule has 1 saturated heterocycles. The third kappa shape index (κ3) is 4.70. The second-order valence-electron chi connectivity index (χ2n) is 5.58. The first kappa shape index (κ1) is 17.7. The maximum Gasteiger partial charge on any atom is 0.251 e. The van der Waals surface area contributed by atoms with E-state index in [1.807, 2.05) is 18.2 Å². The molecule has 1 fully saturated rings. The number of anilines is 1. The lowest BCUT2D eigenvalue weighted by molar-refractivity contribution is 0.0950. The van der Waals surface area contributed by atoms with Crippen molar-refractivity contribution in [3.05, 3.63) is 47.8 Å². The van der Waals surface area contributed by atoms with Crippen LogP contribution in [0.25, 0.3) is 0 Å². The second kappa shape index (κ2) is 8.82. The van der Waals surface area contributed by atoms with Gasteiger partial charge in [0.15, 0.2) is 0 Å². The Balaban J connectivity index is 1.67. The summed E-state index contributed by atoms with van der Waals surface area (Å²) in [7, 11) is 0. The summed E-state index contributed by atoms with van der Waals surface area (Å²) in [6.07, 6.45) is 3.46. The topological polar surface area (TPSA) is 67.4 Å². The molecule has 3 heterocycles. The maximum absolute atomic E-state index is 12.5. The quantitative estimate of drug-likeness (QED) is 0.800. The van der Waals surface area contributed by atoms with E-state index in [0.717, 1.165) is 35.2 Å². The normalized spacial score (nSPS) is 14.4. The summed E-state index contributed by atoms with van der Waals surface area (Å²) in [6, 6.07) is 7.47. The molecule has 0 spiro atoms. The van der Waals surface area contributed by atoms with E-state index in [4.69, 9.17) is 4.74 Å². The molecule has 6 nitrogen and oxygen atoms in total. The molecular weight excluding hydrogens is 336 g/mol. The van der Waals surface area contributed by atoms with E-state index >= 15 is 0 Å². The molecule has 1 amide bonds. The SMILES string of the molecule is CCSc1cc(C(=O)NCc2cccnc2N2CCOCC2)ccn1. The van der Waals surface area contributed by atoms with Crippen LogP contribution in [0.1, 0.15) is 22.8 Å². The third-order valence-corrected chi connectivity index (χ3v) is 4.71. The van der Waals surface area contributed by atoms with E-state index in [1.54, 1.807) is 30.2 Å². The molecule has 1 aliphatic heterocycles. The van der Waals surface area contributed by atoms with Gasteiger partial charge in [0.1, 0.15) is 5.82 Å². The van der Waals surface area contributed by atoms with Crippen LogP contribution in [0.5, 0.6) is 0 Å². The zero-order valence-corrected chi connectivity index (χ0v) is 15.1. The van der Waals surface area contributed by atoms with Gasteiger partial charge in [-0.3, -0.25) is 4.79 Å². The highest BCUT2D eigenvalue weighted by Crippen LogP contribution is 2.19. The average molecular weight is 358 g/mol.